The Labute approximate surface area is 211 Å². The van der Waals surface area contributed by atoms with E-state index in [2.05, 4.69) is 4.99 Å². The Balaban J connectivity index is 2.10. The largest absolute Gasteiger partial charge is 0.466 e. The maximum atomic E-state index is 13.4. The minimum absolute atomic E-state index is 0.0762. The molecule has 0 spiro atoms. The van der Waals surface area contributed by atoms with Crippen molar-refractivity contribution in [2.24, 2.45) is 4.99 Å². The molecule has 0 aliphatic heterocycles. The van der Waals surface area contributed by atoms with Gasteiger partial charge in [-0.1, -0.05) is 60.7 Å². The SMILES string of the molecule is CCOC(=O)Cc1csc(=NC(=O)C(C#N)=Cc2ccccc2)n1C(=O)C(C#N)=Cc1ccccc1. The van der Waals surface area contributed by atoms with Gasteiger partial charge in [0.25, 0.3) is 11.8 Å². The van der Waals surface area contributed by atoms with Crippen molar-refractivity contribution in [1.29, 1.82) is 10.5 Å². The van der Waals surface area contributed by atoms with Crippen molar-refractivity contribution < 1.29 is 19.1 Å². The van der Waals surface area contributed by atoms with E-state index >= 15 is 0 Å². The van der Waals surface area contributed by atoms with Gasteiger partial charge < -0.3 is 4.74 Å². The van der Waals surface area contributed by atoms with Crippen molar-refractivity contribution in [1.82, 2.24) is 4.57 Å². The molecule has 0 saturated heterocycles. The van der Waals surface area contributed by atoms with Gasteiger partial charge in [0, 0.05) is 11.1 Å². The Bertz CT molecular complexity index is 1480. The molecular weight excluding hydrogens is 476 g/mol. The molecule has 0 saturated carbocycles. The van der Waals surface area contributed by atoms with E-state index in [1.165, 1.54) is 17.5 Å². The zero-order valence-corrected chi connectivity index (χ0v) is 20.1. The third-order valence-corrected chi connectivity index (χ3v) is 5.61. The lowest BCUT2D eigenvalue weighted by Crippen LogP contribution is -2.28. The summed E-state index contributed by atoms with van der Waals surface area (Å²) in [4.78, 5) is 42.3. The van der Waals surface area contributed by atoms with Crippen LogP contribution < -0.4 is 4.80 Å². The number of hydrogen-bond acceptors (Lipinski definition) is 7. The van der Waals surface area contributed by atoms with Crippen LogP contribution in [0.2, 0.25) is 0 Å². The first-order valence-corrected chi connectivity index (χ1v) is 11.7. The fourth-order valence-corrected chi connectivity index (χ4v) is 3.98. The van der Waals surface area contributed by atoms with Crippen LogP contribution in [0.25, 0.3) is 12.2 Å². The average molecular weight is 497 g/mol. The van der Waals surface area contributed by atoms with E-state index in [1.807, 2.05) is 12.1 Å². The number of allylic oxidation sites excluding steroid dienone is 1. The third kappa shape index (κ3) is 6.60. The number of ether oxygens (including phenoxy) is 1. The second kappa shape index (κ2) is 12.6. The lowest BCUT2D eigenvalue weighted by molar-refractivity contribution is -0.142. The van der Waals surface area contributed by atoms with Crippen molar-refractivity contribution in [2.45, 2.75) is 13.3 Å². The molecule has 0 N–H and O–H groups in total. The summed E-state index contributed by atoms with van der Waals surface area (Å²) in [6, 6.07) is 21.3. The molecule has 3 aromatic rings. The van der Waals surface area contributed by atoms with Gasteiger partial charge in [-0.05, 0) is 30.2 Å². The van der Waals surface area contributed by atoms with Crippen LogP contribution in [-0.2, 0) is 20.7 Å². The molecule has 0 aliphatic carbocycles. The monoisotopic (exact) mass is 496 g/mol. The molecule has 0 unspecified atom stereocenters. The molecular formula is C27H20N4O4S. The van der Waals surface area contributed by atoms with Gasteiger partial charge in [-0.3, -0.25) is 19.0 Å². The van der Waals surface area contributed by atoms with Crippen LogP contribution in [0, 0.1) is 22.7 Å². The molecule has 1 heterocycles. The maximum Gasteiger partial charge on any atom is 0.311 e. The first kappa shape index (κ1) is 25.8. The summed E-state index contributed by atoms with van der Waals surface area (Å²) in [5.41, 5.74) is 1.00. The lowest BCUT2D eigenvalue weighted by Gasteiger charge is -2.07. The average Bonchev–Trinajstić information content (AvgIpc) is 3.28. The number of aromatic nitrogens is 1. The van der Waals surface area contributed by atoms with E-state index in [0.29, 0.717) is 11.1 Å². The summed E-state index contributed by atoms with van der Waals surface area (Å²) in [6.45, 7) is 1.81. The molecule has 36 heavy (non-hydrogen) atoms. The van der Waals surface area contributed by atoms with Crippen LogP contribution in [0.3, 0.4) is 0 Å². The Morgan fingerprint density at radius 2 is 1.50 bits per heavy atom. The fourth-order valence-electron chi connectivity index (χ4n) is 3.11. The number of carbonyl (C=O) groups excluding carboxylic acids is 3. The molecule has 9 heteroatoms. The van der Waals surface area contributed by atoms with E-state index in [9.17, 15) is 24.9 Å². The summed E-state index contributed by atoms with van der Waals surface area (Å²) in [6.07, 6.45) is 2.53. The van der Waals surface area contributed by atoms with E-state index in [0.717, 1.165) is 15.9 Å². The number of thiazole rings is 1. The van der Waals surface area contributed by atoms with Gasteiger partial charge >= 0.3 is 5.97 Å². The second-order valence-corrected chi connectivity index (χ2v) is 8.05. The van der Waals surface area contributed by atoms with Crippen molar-refractivity contribution >= 4 is 41.3 Å². The number of carbonyl (C=O) groups is 3. The maximum absolute atomic E-state index is 13.4. The summed E-state index contributed by atoms with van der Waals surface area (Å²) in [7, 11) is 0. The number of nitriles is 2. The number of esters is 1. The first-order chi connectivity index (χ1) is 17.5. The van der Waals surface area contributed by atoms with Gasteiger partial charge in [0.05, 0.1) is 13.0 Å². The highest BCUT2D eigenvalue weighted by Crippen LogP contribution is 2.13. The Hall–Kier alpha value is -4.86. The van der Waals surface area contributed by atoms with E-state index < -0.39 is 17.8 Å². The normalized spacial score (nSPS) is 11.9. The first-order valence-electron chi connectivity index (χ1n) is 10.8. The summed E-state index contributed by atoms with van der Waals surface area (Å²) < 4.78 is 6.02. The Morgan fingerprint density at radius 3 is 2.03 bits per heavy atom. The van der Waals surface area contributed by atoms with Crippen molar-refractivity contribution in [3.63, 3.8) is 0 Å². The van der Waals surface area contributed by atoms with Crippen LogP contribution >= 0.6 is 11.3 Å². The molecule has 0 fully saturated rings. The molecule has 178 valence electrons. The van der Waals surface area contributed by atoms with Crippen molar-refractivity contribution in [3.05, 3.63) is 98.8 Å². The van der Waals surface area contributed by atoms with Crippen molar-refractivity contribution in [3.8, 4) is 12.1 Å². The number of nitrogens with zero attached hydrogens (tertiary/aromatic N) is 4. The van der Waals surface area contributed by atoms with Gasteiger partial charge in [0.2, 0.25) is 0 Å². The standard InChI is InChI=1S/C27H20N4O4S/c1-2-35-24(32)15-23-18-36-27(30-25(33)21(16-28)13-19-9-5-3-6-10-19)31(23)26(34)22(17-29)14-20-11-7-4-8-12-20/h3-14,18H,2,15H2,1H3. The zero-order chi connectivity index (χ0) is 25.9. The second-order valence-electron chi connectivity index (χ2n) is 7.21. The van der Waals surface area contributed by atoms with Gasteiger partial charge in [-0.15, -0.1) is 11.3 Å². The summed E-state index contributed by atoms with van der Waals surface area (Å²) in [5, 5.41) is 20.7. The molecule has 0 aliphatic rings. The van der Waals surface area contributed by atoms with Gasteiger partial charge in [-0.25, -0.2) is 0 Å². The fraction of sp³-hybridized carbons (Fsp3) is 0.111. The highest BCUT2D eigenvalue weighted by Gasteiger charge is 2.21. The number of benzene rings is 2. The Kier molecular flexibility index (Phi) is 8.99. The molecule has 1 amide bonds. The lowest BCUT2D eigenvalue weighted by atomic mass is 10.1. The predicted molar refractivity (Wildman–Crippen MR) is 134 cm³/mol. The zero-order valence-electron chi connectivity index (χ0n) is 19.2. The summed E-state index contributed by atoms with van der Waals surface area (Å²) in [5.74, 6) is -2.21. The smallest absolute Gasteiger partial charge is 0.311 e. The van der Waals surface area contributed by atoms with Crippen LogP contribution in [0.1, 0.15) is 28.5 Å². The Morgan fingerprint density at radius 1 is 0.944 bits per heavy atom. The van der Waals surface area contributed by atoms with E-state index in [-0.39, 0.29) is 34.7 Å². The molecule has 2 aromatic carbocycles. The molecule has 0 atom stereocenters. The van der Waals surface area contributed by atoms with Gasteiger partial charge in [0.1, 0.15) is 23.3 Å². The van der Waals surface area contributed by atoms with Crippen molar-refractivity contribution in [2.75, 3.05) is 6.61 Å². The highest BCUT2D eigenvalue weighted by atomic mass is 32.1. The van der Waals surface area contributed by atoms with Gasteiger partial charge in [0.15, 0.2) is 4.80 Å². The van der Waals surface area contributed by atoms with Gasteiger partial charge in [-0.2, -0.15) is 15.5 Å². The van der Waals surface area contributed by atoms with Crippen LogP contribution in [-0.4, -0.2) is 29.0 Å². The minimum Gasteiger partial charge on any atom is -0.466 e. The molecule has 1 aromatic heterocycles. The molecule has 0 radical (unpaired) electrons. The van der Waals surface area contributed by atoms with Crippen LogP contribution in [0.15, 0.2) is 82.2 Å². The quantitative estimate of drug-likeness (QED) is 0.277. The van der Waals surface area contributed by atoms with Crippen LogP contribution in [0.4, 0.5) is 0 Å². The molecule has 3 rings (SSSR count). The molecule has 0 bridgehead atoms. The number of hydrogen-bond donors (Lipinski definition) is 0. The van der Waals surface area contributed by atoms with Crippen LogP contribution in [0.5, 0.6) is 0 Å². The third-order valence-electron chi connectivity index (χ3n) is 4.73. The molecule has 8 nitrogen and oxygen atoms in total. The minimum atomic E-state index is -0.863. The predicted octanol–water partition coefficient (Wildman–Crippen LogP) is 3.94. The topological polar surface area (TPSA) is 125 Å². The van der Waals surface area contributed by atoms with E-state index in [1.54, 1.807) is 67.6 Å². The number of rotatable bonds is 7. The number of amides is 1. The van der Waals surface area contributed by atoms with E-state index in [4.69, 9.17) is 4.74 Å². The highest BCUT2D eigenvalue weighted by molar-refractivity contribution is 7.07. The summed E-state index contributed by atoms with van der Waals surface area (Å²) >= 11 is 0.935.